The van der Waals surface area contributed by atoms with Crippen molar-refractivity contribution < 1.29 is 0 Å². The molecule has 6 aromatic carbocycles. The van der Waals surface area contributed by atoms with Crippen LogP contribution in [0.25, 0.3) is 60.5 Å². The van der Waals surface area contributed by atoms with Crippen LogP contribution in [0.2, 0.25) is 0 Å². The minimum atomic E-state index is 0.498. The van der Waals surface area contributed by atoms with Crippen molar-refractivity contribution in [3.63, 3.8) is 0 Å². The van der Waals surface area contributed by atoms with Crippen molar-refractivity contribution in [2.75, 3.05) is 0 Å². The van der Waals surface area contributed by atoms with E-state index in [2.05, 4.69) is 154 Å². The first kappa shape index (κ1) is 24.4. The normalized spacial score (nSPS) is 11.7. The third-order valence-electron chi connectivity index (χ3n) is 8.34. The van der Waals surface area contributed by atoms with E-state index in [0.29, 0.717) is 5.92 Å². The lowest BCUT2D eigenvalue weighted by Gasteiger charge is -2.13. The number of aryl methyl sites for hydroxylation is 2. The first-order chi connectivity index (χ1) is 19.5. The molecule has 0 spiro atoms. The van der Waals surface area contributed by atoms with E-state index in [9.17, 15) is 0 Å². The van der Waals surface area contributed by atoms with Crippen molar-refractivity contribution in [3.05, 3.63) is 138 Å². The van der Waals surface area contributed by atoms with Gasteiger partial charge in [-0.05, 0) is 82.6 Å². The van der Waals surface area contributed by atoms with Gasteiger partial charge in [0, 0.05) is 16.5 Å². The Labute approximate surface area is 236 Å². The molecule has 0 aliphatic heterocycles. The third kappa shape index (κ3) is 4.01. The molecule has 0 amide bonds. The second-order valence-electron chi connectivity index (χ2n) is 11.4. The van der Waals surface area contributed by atoms with Gasteiger partial charge in [0.05, 0.1) is 11.0 Å². The van der Waals surface area contributed by atoms with Crippen LogP contribution in [0, 0.1) is 13.8 Å². The van der Waals surface area contributed by atoms with Crippen LogP contribution in [0.15, 0.2) is 121 Å². The van der Waals surface area contributed by atoms with Crippen LogP contribution in [0.5, 0.6) is 0 Å². The third-order valence-corrected chi connectivity index (χ3v) is 8.34. The van der Waals surface area contributed by atoms with E-state index < -0.39 is 0 Å². The molecule has 0 saturated carbocycles. The van der Waals surface area contributed by atoms with Crippen LogP contribution in [-0.4, -0.2) is 4.57 Å². The lowest BCUT2D eigenvalue weighted by atomic mass is 9.94. The van der Waals surface area contributed by atoms with Gasteiger partial charge in [0.1, 0.15) is 0 Å². The maximum atomic E-state index is 2.47. The van der Waals surface area contributed by atoms with Gasteiger partial charge in [-0.2, -0.15) is 0 Å². The highest BCUT2D eigenvalue weighted by Gasteiger charge is 2.18. The molecule has 1 aromatic heterocycles. The maximum absolute atomic E-state index is 2.47. The molecule has 0 N–H and O–H groups in total. The Balaban J connectivity index is 1.60. The van der Waals surface area contributed by atoms with Crippen LogP contribution < -0.4 is 0 Å². The maximum Gasteiger partial charge on any atom is 0.0553 e. The van der Waals surface area contributed by atoms with Gasteiger partial charge in [-0.1, -0.05) is 122 Å². The van der Waals surface area contributed by atoms with E-state index in [0.717, 1.165) is 0 Å². The number of aromatic nitrogens is 1. The van der Waals surface area contributed by atoms with Crippen molar-refractivity contribution in [3.8, 4) is 27.9 Å². The summed E-state index contributed by atoms with van der Waals surface area (Å²) in [4.78, 5) is 0. The minimum Gasteiger partial charge on any atom is -0.309 e. The Kier molecular flexibility index (Phi) is 5.82. The standard InChI is InChI=1S/C39H33N/c1-25(2)28-17-20-32(21-18-28)40-37-23-31(29-13-9-26(3)10-14-29)19-22-35(37)39-34-8-6-5-7-33(34)36(24-38(39)40)30-15-11-27(4)12-16-30/h5-25H,1-4H3. The van der Waals surface area contributed by atoms with Gasteiger partial charge < -0.3 is 4.57 Å². The van der Waals surface area contributed by atoms with E-state index in [1.165, 1.54) is 77.2 Å². The largest absolute Gasteiger partial charge is 0.309 e. The number of benzene rings is 6. The summed E-state index contributed by atoms with van der Waals surface area (Å²) in [5, 5.41) is 5.17. The van der Waals surface area contributed by atoms with E-state index in [-0.39, 0.29) is 0 Å². The molecule has 0 atom stereocenters. The Morgan fingerprint density at radius 3 is 1.75 bits per heavy atom. The Hall–Kier alpha value is -4.62. The zero-order valence-electron chi connectivity index (χ0n) is 23.6. The summed E-state index contributed by atoms with van der Waals surface area (Å²) in [6.07, 6.45) is 0. The number of hydrogen-bond acceptors (Lipinski definition) is 0. The Bertz CT molecular complexity index is 2000. The molecule has 0 bridgehead atoms. The molecule has 7 rings (SSSR count). The fourth-order valence-corrected chi connectivity index (χ4v) is 6.06. The zero-order valence-corrected chi connectivity index (χ0v) is 23.6. The highest BCUT2D eigenvalue weighted by molar-refractivity contribution is 6.24. The predicted molar refractivity (Wildman–Crippen MR) is 173 cm³/mol. The summed E-state index contributed by atoms with van der Waals surface area (Å²) in [6, 6.07) is 45.2. The minimum absolute atomic E-state index is 0.498. The van der Waals surface area contributed by atoms with Gasteiger partial charge in [0.25, 0.3) is 0 Å². The zero-order chi connectivity index (χ0) is 27.4. The van der Waals surface area contributed by atoms with Gasteiger partial charge in [-0.25, -0.2) is 0 Å². The van der Waals surface area contributed by atoms with E-state index in [1.54, 1.807) is 0 Å². The summed E-state index contributed by atoms with van der Waals surface area (Å²) >= 11 is 0. The van der Waals surface area contributed by atoms with Crippen molar-refractivity contribution in [2.45, 2.75) is 33.6 Å². The quantitative estimate of drug-likeness (QED) is 0.220. The highest BCUT2D eigenvalue weighted by atomic mass is 15.0. The number of rotatable bonds is 4. The second kappa shape index (κ2) is 9.54. The lowest BCUT2D eigenvalue weighted by Crippen LogP contribution is -1.96. The van der Waals surface area contributed by atoms with Gasteiger partial charge in [-0.3, -0.25) is 0 Å². The van der Waals surface area contributed by atoms with Crippen LogP contribution in [0.4, 0.5) is 0 Å². The second-order valence-corrected chi connectivity index (χ2v) is 11.4. The number of hydrogen-bond donors (Lipinski definition) is 0. The van der Waals surface area contributed by atoms with E-state index >= 15 is 0 Å². The number of fused-ring (bicyclic) bond motifs is 5. The monoisotopic (exact) mass is 515 g/mol. The molecule has 1 nitrogen and oxygen atoms in total. The summed E-state index contributed by atoms with van der Waals surface area (Å²) in [7, 11) is 0. The van der Waals surface area contributed by atoms with Gasteiger partial charge >= 0.3 is 0 Å². The molecule has 0 aliphatic carbocycles. The van der Waals surface area contributed by atoms with Crippen LogP contribution in [-0.2, 0) is 0 Å². The smallest absolute Gasteiger partial charge is 0.0553 e. The first-order valence-electron chi connectivity index (χ1n) is 14.2. The predicted octanol–water partition coefficient (Wildman–Crippen LogP) is 11.0. The van der Waals surface area contributed by atoms with Gasteiger partial charge in [0.15, 0.2) is 0 Å². The molecule has 194 valence electrons. The molecular formula is C39H33N. The molecule has 0 unspecified atom stereocenters. The van der Waals surface area contributed by atoms with E-state index in [4.69, 9.17) is 0 Å². The van der Waals surface area contributed by atoms with Gasteiger partial charge in [-0.15, -0.1) is 0 Å². The molecule has 0 saturated heterocycles. The summed E-state index contributed by atoms with van der Waals surface area (Å²) in [5.74, 6) is 0.498. The Morgan fingerprint density at radius 2 is 1.10 bits per heavy atom. The molecule has 7 aromatic rings. The lowest BCUT2D eigenvalue weighted by molar-refractivity contribution is 0.866. The van der Waals surface area contributed by atoms with Crippen LogP contribution in [0.3, 0.4) is 0 Å². The topological polar surface area (TPSA) is 4.93 Å². The molecule has 40 heavy (non-hydrogen) atoms. The van der Waals surface area contributed by atoms with E-state index in [1.807, 2.05) is 0 Å². The molecule has 0 aliphatic rings. The number of nitrogens with zero attached hydrogens (tertiary/aromatic N) is 1. The van der Waals surface area contributed by atoms with Crippen molar-refractivity contribution >= 4 is 32.6 Å². The highest BCUT2D eigenvalue weighted by Crippen LogP contribution is 2.42. The fraction of sp³-hybridized carbons (Fsp3) is 0.128. The molecule has 1 heterocycles. The molecule has 0 fully saturated rings. The average molecular weight is 516 g/mol. The Morgan fingerprint density at radius 1 is 0.500 bits per heavy atom. The van der Waals surface area contributed by atoms with Crippen molar-refractivity contribution in [1.29, 1.82) is 0 Å². The summed E-state index contributed by atoms with van der Waals surface area (Å²) in [6.45, 7) is 8.80. The summed E-state index contributed by atoms with van der Waals surface area (Å²) in [5.41, 5.74) is 12.6. The van der Waals surface area contributed by atoms with Crippen LogP contribution >= 0.6 is 0 Å². The van der Waals surface area contributed by atoms with Crippen LogP contribution in [0.1, 0.15) is 36.5 Å². The average Bonchev–Trinajstić information content (AvgIpc) is 3.31. The molecule has 0 radical (unpaired) electrons. The van der Waals surface area contributed by atoms with Crippen molar-refractivity contribution in [2.24, 2.45) is 0 Å². The molecular weight excluding hydrogens is 482 g/mol. The first-order valence-corrected chi connectivity index (χ1v) is 14.2. The molecule has 1 heteroatoms. The fourth-order valence-electron chi connectivity index (χ4n) is 6.06. The summed E-state index contributed by atoms with van der Waals surface area (Å²) < 4.78 is 2.47. The van der Waals surface area contributed by atoms with Gasteiger partial charge in [0.2, 0.25) is 0 Å². The SMILES string of the molecule is Cc1ccc(-c2ccc3c4c5ccccc5c(-c5ccc(C)cc5)cc4n(-c4ccc(C(C)C)cc4)c3c2)cc1. The van der Waals surface area contributed by atoms with Crippen molar-refractivity contribution in [1.82, 2.24) is 4.57 Å².